The molecule has 32 heavy (non-hydrogen) atoms. The van der Waals surface area contributed by atoms with Crippen molar-refractivity contribution in [1.82, 2.24) is 0 Å². The molecule has 2 fully saturated rings. The van der Waals surface area contributed by atoms with Crippen LogP contribution in [0.2, 0.25) is 0 Å². The summed E-state index contributed by atoms with van der Waals surface area (Å²) in [6.45, 7) is 2.25. The van der Waals surface area contributed by atoms with Crippen LogP contribution >= 0.6 is 0 Å². The molecule has 3 rings (SSSR count). The van der Waals surface area contributed by atoms with E-state index in [9.17, 15) is 22.4 Å². The molecule has 0 saturated heterocycles. The lowest BCUT2D eigenvalue weighted by molar-refractivity contribution is -0.236. The third-order valence-electron chi connectivity index (χ3n) is 7.17. The summed E-state index contributed by atoms with van der Waals surface area (Å²) >= 11 is 0. The van der Waals surface area contributed by atoms with E-state index < -0.39 is 12.5 Å². The van der Waals surface area contributed by atoms with Gasteiger partial charge in [-0.2, -0.15) is 17.6 Å². The number of hydrogen-bond acceptors (Lipinski definition) is 3. The second-order valence-electron chi connectivity index (χ2n) is 9.40. The summed E-state index contributed by atoms with van der Waals surface area (Å²) in [6.07, 6.45) is 4.55. The van der Waals surface area contributed by atoms with Gasteiger partial charge in [0.25, 0.3) is 0 Å². The van der Waals surface area contributed by atoms with Crippen LogP contribution in [0.1, 0.15) is 77.6 Å². The van der Waals surface area contributed by atoms with E-state index in [1.54, 1.807) is 0 Å². The zero-order valence-electron chi connectivity index (χ0n) is 18.7. The number of esters is 1. The average molecular weight is 459 g/mol. The summed E-state index contributed by atoms with van der Waals surface area (Å²) in [5.41, 5.74) is 0. The van der Waals surface area contributed by atoms with Crippen LogP contribution in [0.15, 0.2) is 24.3 Å². The van der Waals surface area contributed by atoms with Gasteiger partial charge in [-0.05, 0) is 80.5 Å². The number of rotatable bonds is 8. The van der Waals surface area contributed by atoms with Crippen molar-refractivity contribution in [2.45, 2.75) is 90.1 Å². The number of hydrogen-bond donors (Lipinski definition) is 0. The third-order valence-corrected chi connectivity index (χ3v) is 7.17. The van der Waals surface area contributed by atoms with Crippen LogP contribution in [0, 0.1) is 23.7 Å². The highest BCUT2D eigenvalue weighted by Gasteiger charge is 2.42. The van der Waals surface area contributed by atoms with Gasteiger partial charge in [0.1, 0.15) is 11.5 Å². The van der Waals surface area contributed by atoms with Crippen molar-refractivity contribution >= 4 is 5.97 Å². The molecule has 0 spiro atoms. The molecule has 180 valence electrons. The second kappa shape index (κ2) is 11.4. The lowest BCUT2D eigenvalue weighted by Crippen LogP contribution is -2.30. The van der Waals surface area contributed by atoms with Crippen LogP contribution < -0.4 is 9.47 Å². The minimum atomic E-state index is -5.08. The lowest BCUT2D eigenvalue weighted by atomic mass is 9.68. The van der Waals surface area contributed by atoms with Gasteiger partial charge in [-0.15, -0.1) is 0 Å². The van der Waals surface area contributed by atoms with Crippen molar-refractivity contribution in [3.8, 4) is 11.5 Å². The van der Waals surface area contributed by atoms with E-state index in [4.69, 9.17) is 4.74 Å². The third kappa shape index (κ3) is 7.11. The Hall–Kier alpha value is -1.79. The molecule has 0 amide bonds. The maximum absolute atomic E-state index is 13.0. The monoisotopic (exact) mass is 458 g/mol. The number of benzene rings is 1. The Labute approximate surface area is 187 Å². The van der Waals surface area contributed by atoms with Gasteiger partial charge in [0, 0.05) is 0 Å². The normalized spacial score (nSPS) is 27.5. The Morgan fingerprint density at radius 3 is 2.00 bits per heavy atom. The molecule has 7 heteroatoms. The number of alkyl halides is 4. The molecule has 1 atom stereocenters. The van der Waals surface area contributed by atoms with E-state index in [1.165, 1.54) is 57.1 Å². The molecule has 1 unspecified atom stereocenters. The van der Waals surface area contributed by atoms with Crippen LogP contribution in [0.5, 0.6) is 11.5 Å². The lowest BCUT2D eigenvalue weighted by Gasteiger charge is -2.37. The Morgan fingerprint density at radius 2 is 1.47 bits per heavy atom. The van der Waals surface area contributed by atoms with Crippen LogP contribution in [0.4, 0.5) is 17.6 Å². The molecule has 0 radical (unpaired) electrons. The van der Waals surface area contributed by atoms with Crippen LogP contribution in [-0.2, 0) is 4.79 Å². The van der Waals surface area contributed by atoms with E-state index in [0.29, 0.717) is 5.92 Å². The van der Waals surface area contributed by atoms with Gasteiger partial charge < -0.3 is 9.47 Å². The van der Waals surface area contributed by atoms with Crippen molar-refractivity contribution in [1.29, 1.82) is 0 Å². The fourth-order valence-electron chi connectivity index (χ4n) is 5.24. The van der Waals surface area contributed by atoms with E-state index in [0.717, 1.165) is 49.7 Å². The molecule has 2 aliphatic rings. The van der Waals surface area contributed by atoms with Gasteiger partial charge in [0.05, 0.1) is 5.92 Å². The number of unbranched alkanes of at least 4 members (excludes halogenated alkanes) is 1. The topological polar surface area (TPSA) is 35.5 Å². The van der Waals surface area contributed by atoms with E-state index >= 15 is 0 Å². The van der Waals surface area contributed by atoms with Crippen LogP contribution in [0.3, 0.4) is 0 Å². The smallest absolute Gasteiger partial charge is 0.452 e. The average Bonchev–Trinajstić information content (AvgIpc) is 2.79. The van der Waals surface area contributed by atoms with E-state index in [2.05, 4.69) is 11.7 Å². The Kier molecular flexibility index (Phi) is 8.83. The highest BCUT2D eigenvalue weighted by atomic mass is 19.4. The molecule has 1 aromatic rings. The van der Waals surface area contributed by atoms with Gasteiger partial charge in [0.2, 0.25) is 0 Å². The molecular weight excluding hydrogens is 424 g/mol. The zero-order valence-corrected chi connectivity index (χ0v) is 18.7. The van der Waals surface area contributed by atoms with Crippen molar-refractivity contribution in [2.24, 2.45) is 23.7 Å². The first-order valence-corrected chi connectivity index (χ1v) is 12.0. The summed E-state index contributed by atoms with van der Waals surface area (Å²) in [5.74, 6) is 1.87. The zero-order chi connectivity index (χ0) is 23.1. The first-order chi connectivity index (χ1) is 15.3. The van der Waals surface area contributed by atoms with Gasteiger partial charge in [-0.25, -0.2) is 0 Å². The van der Waals surface area contributed by atoms with Gasteiger partial charge in [-0.1, -0.05) is 39.0 Å². The summed E-state index contributed by atoms with van der Waals surface area (Å²) in [7, 11) is 0. The fraction of sp³-hybridized carbons (Fsp3) is 0.720. The first kappa shape index (κ1) is 24.8. The number of carbonyl (C=O) groups is 1. The minimum Gasteiger partial charge on any atom is -0.452 e. The van der Waals surface area contributed by atoms with Crippen LogP contribution in [0.25, 0.3) is 0 Å². The van der Waals surface area contributed by atoms with Gasteiger partial charge in [-0.3, -0.25) is 4.79 Å². The highest BCUT2D eigenvalue weighted by Crippen LogP contribution is 2.42. The standard InChI is InChI=1S/C25H34F4O3/c1-2-3-4-17-5-7-18(8-6-17)19-9-11-20(12-10-19)23(30)31-21-13-15-22(16-14-21)32-24(26)25(27,28)29/h13-20,24H,2-12H2,1H3/t17-,18-,19-,20-,24?. The summed E-state index contributed by atoms with van der Waals surface area (Å²) in [5, 5.41) is 0. The van der Waals surface area contributed by atoms with Gasteiger partial charge in [0.15, 0.2) is 0 Å². The molecular formula is C25H34F4O3. The summed E-state index contributed by atoms with van der Waals surface area (Å²) < 4.78 is 59.3. The molecule has 0 aliphatic heterocycles. The molecule has 0 heterocycles. The van der Waals surface area contributed by atoms with Crippen molar-refractivity contribution < 1.29 is 31.8 Å². The maximum Gasteiger partial charge on any atom is 0.457 e. The molecule has 0 bridgehead atoms. The molecule has 2 aliphatic carbocycles. The Balaban J connectivity index is 1.40. The predicted octanol–water partition coefficient (Wildman–Crippen LogP) is 7.63. The quantitative estimate of drug-likeness (QED) is 0.228. The Morgan fingerprint density at radius 1 is 0.938 bits per heavy atom. The second-order valence-corrected chi connectivity index (χ2v) is 9.40. The van der Waals surface area contributed by atoms with Crippen molar-refractivity contribution in [3.05, 3.63) is 24.3 Å². The van der Waals surface area contributed by atoms with Crippen molar-refractivity contribution in [2.75, 3.05) is 0 Å². The SMILES string of the molecule is CCCC[C@H]1CC[C@H]([C@H]2CC[C@H](C(=O)Oc3ccc(OC(F)C(F)(F)F)cc3)CC2)CC1. The molecule has 0 N–H and O–H groups in total. The van der Waals surface area contributed by atoms with E-state index in [1.807, 2.05) is 0 Å². The fourth-order valence-corrected chi connectivity index (χ4v) is 5.24. The molecule has 2 saturated carbocycles. The largest absolute Gasteiger partial charge is 0.457 e. The first-order valence-electron chi connectivity index (χ1n) is 12.0. The molecule has 0 aromatic heterocycles. The molecule has 1 aromatic carbocycles. The van der Waals surface area contributed by atoms with Crippen LogP contribution in [-0.4, -0.2) is 18.5 Å². The minimum absolute atomic E-state index is 0.150. The van der Waals surface area contributed by atoms with Gasteiger partial charge >= 0.3 is 18.5 Å². The number of ether oxygens (including phenoxy) is 2. The number of carbonyl (C=O) groups excluding carboxylic acids is 1. The number of halogens is 4. The molecule has 3 nitrogen and oxygen atoms in total. The van der Waals surface area contributed by atoms with Crippen molar-refractivity contribution in [3.63, 3.8) is 0 Å². The summed E-state index contributed by atoms with van der Waals surface area (Å²) in [6, 6.07) is 4.96. The summed E-state index contributed by atoms with van der Waals surface area (Å²) in [4.78, 5) is 12.5. The Bertz CT molecular complexity index is 703. The van der Waals surface area contributed by atoms with E-state index in [-0.39, 0.29) is 23.4 Å². The predicted molar refractivity (Wildman–Crippen MR) is 114 cm³/mol. The highest BCUT2D eigenvalue weighted by molar-refractivity contribution is 5.75. The maximum atomic E-state index is 13.0.